The minimum Gasteiger partial charge on any atom is -0.461 e. The van der Waals surface area contributed by atoms with Crippen molar-refractivity contribution < 1.29 is 27.3 Å². The maximum atomic E-state index is 13.8. The first-order valence-corrected chi connectivity index (χ1v) is 13.4. The number of rotatable bonds is 8. The number of ketones is 1. The monoisotopic (exact) mass is 549 g/mol. The van der Waals surface area contributed by atoms with Gasteiger partial charge in [-0.05, 0) is 57.4 Å². The molecule has 180 valence electrons. The van der Waals surface area contributed by atoms with Gasteiger partial charge in [-0.15, -0.1) is 0 Å². The van der Waals surface area contributed by atoms with Crippen molar-refractivity contribution in [3.05, 3.63) is 67.8 Å². The molecule has 0 amide bonds. The Morgan fingerprint density at radius 2 is 1.97 bits per heavy atom. The van der Waals surface area contributed by atoms with Crippen LogP contribution in [0.25, 0.3) is 0 Å². The van der Waals surface area contributed by atoms with Crippen molar-refractivity contribution in [1.82, 2.24) is 14.3 Å². The van der Waals surface area contributed by atoms with Crippen LogP contribution in [-0.4, -0.2) is 47.4 Å². The topological polar surface area (TPSA) is 121 Å². The number of hydrogen-bond acceptors (Lipinski definition) is 8. The number of esters is 1. The summed E-state index contributed by atoms with van der Waals surface area (Å²) in [6.07, 6.45) is 3.07. The molecule has 1 aliphatic rings. The van der Waals surface area contributed by atoms with E-state index in [1.807, 2.05) is 0 Å². The van der Waals surface area contributed by atoms with Crippen LogP contribution in [0.2, 0.25) is 0 Å². The maximum Gasteiger partial charge on any atom is 0.361 e. The van der Waals surface area contributed by atoms with Crippen LogP contribution >= 0.6 is 15.9 Å². The lowest BCUT2D eigenvalue weighted by Gasteiger charge is -2.11. The standard InChI is InChI=1S/C23H24BrN3O6S/c1-5-32-23(29)20-19(22(33-26-20)14-6-7-14)21(28)17-9-8-16(24)10-15(17)11-18-12(2)25-27(13(18)3)34(4,30)31/h8-10,14H,5-7,11H2,1-4H3. The van der Waals surface area contributed by atoms with Gasteiger partial charge in [0.05, 0.1) is 24.3 Å². The average molecular weight is 550 g/mol. The molecule has 0 N–H and O–H groups in total. The Labute approximate surface area is 205 Å². The van der Waals surface area contributed by atoms with E-state index in [9.17, 15) is 18.0 Å². The van der Waals surface area contributed by atoms with Crippen molar-refractivity contribution >= 4 is 37.7 Å². The minimum absolute atomic E-state index is 0.0472. The molecular weight excluding hydrogens is 526 g/mol. The lowest BCUT2D eigenvalue weighted by Crippen LogP contribution is -2.15. The summed E-state index contributed by atoms with van der Waals surface area (Å²) in [6.45, 7) is 5.23. The molecule has 0 atom stereocenters. The van der Waals surface area contributed by atoms with Crippen molar-refractivity contribution in [2.24, 2.45) is 0 Å². The number of benzene rings is 1. The van der Waals surface area contributed by atoms with Crippen LogP contribution in [0, 0.1) is 13.8 Å². The lowest BCUT2D eigenvalue weighted by molar-refractivity contribution is 0.0512. The van der Waals surface area contributed by atoms with Crippen LogP contribution in [0.15, 0.2) is 27.2 Å². The van der Waals surface area contributed by atoms with Crippen molar-refractivity contribution in [1.29, 1.82) is 0 Å². The van der Waals surface area contributed by atoms with Gasteiger partial charge in [-0.1, -0.05) is 21.1 Å². The van der Waals surface area contributed by atoms with E-state index in [1.165, 1.54) is 0 Å². The lowest BCUT2D eigenvalue weighted by atomic mass is 9.92. The first-order chi connectivity index (χ1) is 16.0. The molecular formula is C23H24BrN3O6S. The summed E-state index contributed by atoms with van der Waals surface area (Å²) < 4.78 is 36.5. The highest BCUT2D eigenvalue weighted by Gasteiger charge is 2.38. The molecule has 0 unspecified atom stereocenters. The second-order valence-electron chi connectivity index (χ2n) is 8.33. The second kappa shape index (κ2) is 9.10. The molecule has 1 aliphatic carbocycles. The van der Waals surface area contributed by atoms with E-state index in [1.54, 1.807) is 39.0 Å². The van der Waals surface area contributed by atoms with Gasteiger partial charge in [0.25, 0.3) is 10.0 Å². The second-order valence-corrected chi connectivity index (χ2v) is 11.1. The fourth-order valence-electron chi connectivity index (χ4n) is 3.97. The van der Waals surface area contributed by atoms with Gasteiger partial charge in [-0.3, -0.25) is 4.79 Å². The molecule has 11 heteroatoms. The van der Waals surface area contributed by atoms with Crippen LogP contribution < -0.4 is 0 Å². The fourth-order valence-corrected chi connectivity index (χ4v) is 5.25. The Balaban J connectivity index is 1.81. The SMILES string of the molecule is CCOC(=O)c1noc(C2CC2)c1C(=O)c1ccc(Br)cc1Cc1c(C)nn(S(C)(=O)=O)c1C. The largest absolute Gasteiger partial charge is 0.461 e. The minimum atomic E-state index is -3.57. The summed E-state index contributed by atoms with van der Waals surface area (Å²) in [7, 11) is -3.57. The Bertz CT molecular complexity index is 1400. The molecule has 34 heavy (non-hydrogen) atoms. The van der Waals surface area contributed by atoms with E-state index in [-0.39, 0.29) is 36.0 Å². The number of aryl methyl sites for hydroxylation is 1. The molecule has 4 rings (SSSR count). The van der Waals surface area contributed by atoms with Crippen molar-refractivity contribution in [2.75, 3.05) is 12.9 Å². The molecule has 1 fully saturated rings. The quantitative estimate of drug-likeness (QED) is 0.306. The predicted molar refractivity (Wildman–Crippen MR) is 127 cm³/mol. The van der Waals surface area contributed by atoms with Gasteiger partial charge in [0, 0.05) is 27.9 Å². The molecule has 0 saturated heterocycles. The zero-order chi connectivity index (χ0) is 24.8. The smallest absolute Gasteiger partial charge is 0.361 e. The molecule has 0 aliphatic heterocycles. The van der Waals surface area contributed by atoms with E-state index in [2.05, 4.69) is 26.2 Å². The average Bonchev–Trinajstić information content (AvgIpc) is 3.44. The van der Waals surface area contributed by atoms with Gasteiger partial charge in [0.15, 0.2) is 11.5 Å². The molecule has 1 saturated carbocycles. The summed E-state index contributed by atoms with van der Waals surface area (Å²) >= 11 is 3.45. The van der Waals surface area contributed by atoms with E-state index >= 15 is 0 Å². The summed E-state index contributed by atoms with van der Waals surface area (Å²) in [5.41, 5.74) is 2.76. The van der Waals surface area contributed by atoms with Crippen molar-refractivity contribution in [3.63, 3.8) is 0 Å². The highest BCUT2D eigenvalue weighted by Crippen LogP contribution is 2.43. The number of halogens is 1. The van der Waals surface area contributed by atoms with Crippen LogP contribution in [-0.2, 0) is 21.2 Å². The Hall–Kier alpha value is -2.79. The molecule has 2 heterocycles. The third-order valence-corrected chi connectivity index (χ3v) is 7.23. The highest BCUT2D eigenvalue weighted by molar-refractivity contribution is 9.10. The number of carbonyl (C=O) groups excluding carboxylic acids is 2. The predicted octanol–water partition coefficient (Wildman–Crippen LogP) is 3.93. The van der Waals surface area contributed by atoms with E-state index < -0.39 is 16.0 Å². The molecule has 0 spiro atoms. The number of hydrogen-bond donors (Lipinski definition) is 0. The van der Waals surface area contributed by atoms with Gasteiger partial charge in [0.2, 0.25) is 5.69 Å². The van der Waals surface area contributed by atoms with Gasteiger partial charge in [-0.25, -0.2) is 13.2 Å². The number of ether oxygens (including phenoxy) is 1. The fraction of sp³-hybridized carbons (Fsp3) is 0.391. The van der Waals surface area contributed by atoms with Gasteiger partial charge >= 0.3 is 5.97 Å². The highest BCUT2D eigenvalue weighted by atomic mass is 79.9. The molecule has 3 aromatic rings. The Morgan fingerprint density at radius 1 is 1.26 bits per heavy atom. The molecule has 1 aromatic carbocycles. The first kappa shape index (κ1) is 24.3. The van der Waals surface area contributed by atoms with Gasteiger partial charge in [0.1, 0.15) is 5.56 Å². The van der Waals surface area contributed by atoms with Crippen LogP contribution in [0.5, 0.6) is 0 Å². The first-order valence-electron chi connectivity index (χ1n) is 10.8. The Morgan fingerprint density at radius 3 is 2.56 bits per heavy atom. The molecule has 2 aromatic heterocycles. The van der Waals surface area contributed by atoms with E-state index in [0.717, 1.165) is 27.7 Å². The summed E-state index contributed by atoms with van der Waals surface area (Å²) in [4.78, 5) is 26.3. The summed E-state index contributed by atoms with van der Waals surface area (Å²) in [5.74, 6) is -0.647. The van der Waals surface area contributed by atoms with Gasteiger partial charge < -0.3 is 9.26 Å². The van der Waals surface area contributed by atoms with Gasteiger partial charge in [-0.2, -0.15) is 9.19 Å². The molecule has 0 bridgehead atoms. The Kier molecular flexibility index (Phi) is 6.52. The third-order valence-electron chi connectivity index (χ3n) is 5.76. The number of aromatic nitrogens is 3. The number of nitrogens with zero attached hydrogens (tertiary/aromatic N) is 3. The molecule has 0 radical (unpaired) electrons. The van der Waals surface area contributed by atoms with E-state index in [4.69, 9.17) is 9.26 Å². The normalized spacial score (nSPS) is 13.8. The van der Waals surface area contributed by atoms with Crippen LogP contribution in [0.3, 0.4) is 0 Å². The van der Waals surface area contributed by atoms with Crippen LogP contribution in [0.4, 0.5) is 0 Å². The number of carbonyl (C=O) groups is 2. The summed E-state index contributed by atoms with van der Waals surface area (Å²) in [5, 5.41) is 8.05. The zero-order valence-electron chi connectivity index (χ0n) is 19.2. The third kappa shape index (κ3) is 4.58. The molecule has 9 nitrogen and oxygen atoms in total. The maximum absolute atomic E-state index is 13.8. The zero-order valence-corrected chi connectivity index (χ0v) is 21.6. The van der Waals surface area contributed by atoms with Crippen molar-refractivity contribution in [2.45, 2.75) is 46.0 Å². The van der Waals surface area contributed by atoms with Crippen LogP contribution in [0.1, 0.15) is 80.4 Å². The summed E-state index contributed by atoms with van der Waals surface area (Å²) in [6, 6.07) is 5.22. The van der Waals surface area contributed by atoms with Crippen molar-refractivity contribution in [3.8, 4) is 0 Å². The van der Waals surface area contributed by atoms with E-state index in [0.29, 0.717) is 33.8 Å².